The van der Waals surface area contributed by atoms with E-state index in [-0.39, 0.29) is 11.8 Å². The second-order valence-corrected chi connectivity index (χ2v) is 7.94. The minimum absolute atomic E-state index is 0.0696. The number of nitrogens with one attached hydrogen (secondary N) is 1. The zero-order valence-electron chi connectivity index (χ0n) is 18.2. The monoisotopic (exact) mass is 428 g/mol. The van der Waals surface area contributed by atoms with E-state index in [2.05, 4.69) is 17.4 Å². The number of nitrogens with zero attached hydrogens (tertiary/aromatic N) is 1. The first-order valence-electron chi connectivity index (χ1n) is 11.0. The Morgan fingerprint density at radius 2 is 1.59 bits per heavy atom. The number of hydrogen-bond donors (Lipinski definition) is 1. The lowest BCUT2D eigenvalue weighted by Crippen LogP contribution is -2.48. The van der Waals surface area contributed by atoms with E-state index in [4.69, 9.17) is 4.74 Å². The van der Waals surface area contributed by atoms with E-state index in [9.17, 15) is 9.59 Å². The van der Waals surface area contributed by atoms with E-state index >= 15 is 0 Å². The Labute approximate surface area is 189 Å². The smallest absolute Gasteiger partial charge is 0.254 e. The molecule has 2 atom stereocenters. The highest BCUT2D eigenvalue weighted by atomic mass is 16.5. The minimum atomic E-state index is -0.501. The van der Waals surface area contributed by atoms with Crippen molar-refractivity contribution in [3.63, 3.8) is 0 Å². The molecule has 0 saturated carbocycles. The first-order valence-corrected chi connectivity index (χ1v) is 11.0. The molecule has 0 spiro atoms. The molecule has 1 N–H and O–H groups in total. The van der Waals surface area contributed by atoms with Crippen molar-refractivity contribution < 1.29 is 14.3 Å². The van der Waals surface area contributed by atoms with Gasteiger partial charge in [-0.3, -0.25) is 9.59 Å². The van der Waals surface area contributed by atoms with Gasteiger partial charge in [0.15, 0.2) is 0 Å². The second kappa shape index (κ2) is 10.2. The number of rotatable bonds is 8. The van der Waals surface area contributed by atoms with Crippen molar-refractivity contribution in [2.75, 3.05) is 26.8 Å². The van der Waals surface area contributed by atoms with Gasteiger partial charge in [-0.1, -0.05) is 78.9 Å². The topological polar surface area (TPSA) is 58.6 Å². The third-order valence-corrected chi connectivity index (χ3v) is 5.95. The predicted molar refractivity (Wildman–Crippen MR) is 124 cm³/mol. The van der Waals surface area contributed by atoms with Gasteiger partial charge in [0, 0.05) is 25.8 Å². The molecule has 0 aliphatic carbocycles. The van der Waals surface area contributed by atoms with Crippen molar-refractivity contribution in [2.24, 2.45) is 0 Å². The fourth-order valence-corrected chi connectivity index (χ4v) is 4.42. The maximum atomic E-state index is 13.6. The molecule has 0 saturated heterocycles. The number of carbonyl (C=O) groups is 2. The van der Waals surface area contributed by atoms with Gasteiger partial charge in [-0.25, -0.2) is 0 Å². The van der Waals surface area contributed by atoms with Crippen LogP contribution in [0, 0.1) is 0 Å². The van der Waals surface area contributed by atoms with E-state index in [1.807, 2.05) is 72.8 Å². The average molecular weight is 429 g/mol. The van der Waals surface area contributed by atoms with Crippen LogP contribution in [0.4, 0.5) is 0 Å². The van der Waals surface area contributed by atoms with Crippen molar-refractivity contribution in [3.05, 3.63) is 107 Å². The van der Waals surface area contributed by atoms with Gasteiger partial charge >= 0.3 is 0 Å². The number of fused-ring (bicyclic) bond motifs is 1. The molecule has 5 heteroatoms. The largest absolute Gasteiger partial charge is 0.383 e. The van der Waals surface area contributed by atoms with Crippen LogP contribution in [0.3, 0.4) is 0 Å². The Bertz CT molecular complexity index is 1050. The molecular weight excluding hydrogens is 400 g/mol. The highest BCUT2D eigenvalue weighted by Gasteiger charge is 2.43. The Morgan fingerprint density at radius 1 is 0.938 bits per heavy atom. The summed E-state index contributed by atoms with van der Waals surface area (Å²) in [6.45, 7) is 1.35. The van der Waals surface area contributed by atoms with Crippen LogP contribution >= 0.6 is 0 Å². The zero-order valence-corrected chi connectivity index (χ0v) is 18.2. The molecule has 3 aromatic rings. The molecule has 32 heavy (non-hydrogen) atoms. The molecule has 1 heterocycles. The van der Waals surface area contributed by atoms with Gasteiger partial charge in [0.25, 0.3) is 5.91 Å². The summed E-state index contributed by atoms with van der Waals surface area (Å²) in [5.74, 6) is -0.643. The summed E-state index contributed by atoms with van der Waals surface area (Å²) in [5, 5.41) is 3.12. The van der Waals surface area contributed by atoms with Crippen molar-refractivity contribution in [1.29, 1.82) is 0 Å². The van der Waals surface area contributed by atoms with Gasteiger partial charge < -0.3 is 15.0 Å². The van der Waals surface area contributed by atoms with Gasteiger partial charge in [0.1, 0.15) is 0 Å². The van der Waals surface area contributed by atoms with Crippen LogP contribution in [0.1, 0.15) is 39.0 Å². The highest BCUT2D eigenvalue weighted by molar-refractivity contribution is 6.01. The third-order valence-electron chi connectivity index (χ3n) is 5.95. The third kappa shape index (κ3) is 4.58. The Kier molecular flexibility index (Phi) is 6.97. The van der Waals surface area contributed by atoms with E-state index in [0.29, 0.717) is 25.3 Å². The highest BCUT2D eigenvalue weighted by Crippen LogP contribution is 2.42. The summed E-state index contributed by atoms with van der Waals surface area (Å²) in [6, 6.07) is 26.9. The van der Waals surface area contributed by atoms with Gasteiger partial charge in [0.05, 0.1) is 18.6 Å². The lowest BCUT2D eigenvalue weighted by molar-refractivity contribution is -0.124. The zero-order chi connectivity index (χ0) is 22.3. The van der Waals surface area contributed by atoms with Gasteiger partial charge in [-0.2, -0.15) is 0 Å². The fourth-order valence-electron chi connectivity index (χ4n) is 4.42. The lowest BCUT2D eigenvalue weighted by Gasteiger charge is -2.41. The Morgan fingerprint density at radius 3 is 2.31 bits per heavy atom. The summed E-state index contributed by atoms with van der Waals surface area (Å²) < 4.78 is 5.28. The molecule has 0 radical (unpaired) electrons. The molecule has 3 aromatic carbocycles. The minimum Gasteiger partial charge on any atom is -0.383 e. The summed E-state index contributed by atoms with van der Waals surface area (Å²) in [7, 11) is 1.62. The first-order chi connectivity index (χ1) is 15.7. The Hall–Kier alpha value is -3.44. The van der Waals surface area contributed by atoms with E-state index in [1.54, 1.807) is 12.0 Å². The first kappa shape index (κ1) is 21.8. The second-order valence-electron chi connectivity index (χ2n) is 7.94. The van der Waals surface area contributed by atoms with Crippen LogP contribution in [0.5, 0.6) is 0 Å². The summed E-state index contributed by atoms with van der Waals surface area (Å²) in [4.78, 5) is 28.8. The predicted octanol–water partition coefficient (Wildman–Crippen LogP) is 3.97. The SMILES string of the molecule is COCCN1C(=O)c2ccccc2C(C(=O)NCCc2ccccc2)C1c1ccccc1. The standard InChI is InChI=1S/C27H28N2O3/c1-32-19-18-29-25(21-12-6-3-7-13-21)24(22-14-8-9-15-23(22)27(29)31)26(30)28-17-16-20-10-4-2-5-11-20/h2-15,24-25H,16-19H2,1H3,(H,28,30). The summed E-state index contributed by atoms with van der Waals surface area (Å²) in [5.41, 5.74) is 3.47. The van der Waals surface area contributed by atoms with E-state index in [1.165, 1.54) is 5.56 Å². The number of ether oxygens (including phenoxy) is 1. The quantitative estimate of drug-likeness (QED) is 0.591. The molecule has 1 aliphatic rings. The molecule has 4 rings (SSSR count). The maximum Gasteiger partial charge on any atom is 0.254 e. The molecular formula is C27H28N2O3. The molecule has 2 amide bonds. The Balaban J connectivity index is 1.67. The molecule has 0 bridgehead atoms. The number of carbonyl (C=O) groups excluding carboxylic acids is 2. The van der Waals surface area contributed by atoms with Crippen molar-refractivity contribution in [2.45, 2.75) is 18.4 Å². The summed E-state index contributed by atoms with van der Waals surface area (Å²) >= 11 is 0. The van der Waals surface area contributed by atoms with Crippen LogP contribution in [0.15, 0.2) is 84.9 Å². The number of benzene rings is 3. The number of hydrogen-bond acceptors (Lipinski definition) is 3. The van der Waals surface area contributed by atoms with Crippen molar-refractivity contribution in [3.8, 4) is 0 Å². The lowest BCUT2D eigenvalue weighted by atomic mass is 9.79. The molecule has 1 aliphatic heterocycles. The summed E-state index contributed by atoms with van der Waals surface area (Å²) in [6.07, 6.45) is 0.753. The number of amides is 2. The molecule has 2 unspecified atom stereocenters. The van der Waals surface area contributed by atoms with Gasteiger partial charge in [0.2, 0.25) is 5.91 Å². The molecule has 5 nitrogen and oxygen atoms in total. The van der Waals surface area contributed by atoms with E-state index in [0.717, 1.165) is 17.5 Å². The molecule has 164 valence electrons. The maximum absolute atomic E-state index is 13.6. The van der Waals surface area contributed by atoms with Crippen molar-refractivity contribution in [1.82, 2.24) is 10.2 Å². The van der Waals surface area contributed by atoms with Crippen LogP contribution in [-0.4, -0.2) is 43.5 Å². The van der Waals surface area contributed by atoms with Crippen LogP contribution in [-0.2, 0) is 16.0 Å². The van der Waals surface area contributed by atoms with Crippen LogP contribution < -0.4 is 5.32 Å². The number of methoxy groups -OCH3 is 1. The average Bonchev–Trinajstić information content (AvgIpc) is 2.84. The molecule has 0 aromatic heterocycles. The van der Waals surface area contributed by atoms with E-state index < -0.39 is 12.0 Å². The van der Waals surface area contributed by atoms with Crippen LogP contribution in [0.25, 0.3) is 0 Å². The van der Waals surface area contributed by atoms with Crippen molar-refractivity contribution >= 4 is 11.8 Å². The van der Waals surface area contributed by atoms with Crippen LogP contribution in [0.2, 0.25) is 0 Å². The van der Waals surface area contributed by atoms with Gasteiger partial charge in [-0.05, 0) is 29.2 Å². The molecule has 0 fully saturated rings. The normalized spacial score (nSPS) is 17.7. The fraction of sp³-hybridized carbons (Fsp3) is 0.259. The van der Waals surface area contributed by atoms with Gasteiger partial charge in [-0.15, -0.1) is 0 Å².